The SMILES string of the molecule is CCOC(=O)c1cc(Cl)cc2nc(Nc3ccc(Cl)cc3)oc12. The number of aromatic nitrogens is 1. The van der Waals surface area contributed by atoms with Crippen LogP contribution in [0.25, 0.3) is 11.1 Å². The second-order valence-corrected chi connectivity index (χ2v) is 5.55. The molecule has 23 heavy (non-hydrogen) atoms. The van der Waals surface area contributed by atoms with Crippen LogP contribution in [0.3, 0.4) is 0 Å². The molecule has 0 unspecified atom stereocenters. The maximum atomic E-state index is 12.0. The Balaban J connectivity index is 1.99. The zero-order valence-corrected chi connectivity index (χ0v) is 13.6. The molecule has 0 bridgehead atoms. The third-order valence-electron chi connectivity index (χ3n) is 3.05. The molecule has 0 radical (unpaired) electrons. The number of nitrogens with zero attached hydrogens (tertiary/aromatic N) is 1. The molecule has 1 heterocycles. The molecular weight excluding hydrogens is 339 g/mol. The number of fused-ring (bicyclic) bond motifs is 1. The average molecular weight is 351 g/mol. The first-order valence-electron chi connectivity index (χ1n) is 6.86. The van der Waals surface area contributed by atoms with Crippen molar-refractivity contribution in [1.29, 1.82) is 0 Å². The number of hydrogen-bond acceptors (Lipinski definition) is 5. The van der Waals surface area contributed by atoms with Crippen LogP contribution in [0.1, 0.15) is 17.3 Å². The first-order valence-corrected chi connectivity index (χ1v) is 7.62. The Kier molecular flexibility index (Phi) is 4.41. The highest BCUT2D eigenvalue weighted by Gasteiger charge is 2.18. The van der Waals surface area contributed by atoms with E-state index in [4.69, 9.17) is 32.4 Å². The van der Waals surface area contributed by atoms with Crippen LogP contribution in [0.5, 0.6) is 0 Å². The molecule has 0 saturated carbocycles. The summed E-state index contributed by atoms with van der Waals surface area (Å²) in [7, 11) is 0. The summed E-state index contributed by atoms with van der Waals surface area (Å²) in [6.07, 6.45) is 0. The van der Waals surface area contributed by atoms with Gasteiger partial charge in [-0.3, -0.25) is 0 Å². The van der Waals surface area contributed by atoms with Crippen molar-refractivity contribution in [3.8, 4) is 0 Å². The van der Waals surface area contributed by atoms with E-state index in [1.165, 1.54) is 6.07 Å². The number of carbonyl (C=O) groups is 1. The van der Waals surface area contributed by atoms with Crippen LogP contribution in [0.4, 0.5) is 11.7 Å². The smallest absolute Gasteiger partial charge is 0.342 e. The topological polar surface area (TPSA) is 64.4 Å². The Bertz CT molecular complexity index is 860. The molecule has 2 aromatic carbocycles. The lowest BCUT2D eigenvalue weighted by Crippen LogP contribution is -2.04. The Morgan fingerprint density at radius 2 is 1.96 bits per heavy atom. The molecule has 0 aliphatic rings. The summed E-state index contributed by atoms with van der Waals surface area (Å²) in [6.45, 7) is 1.99. The monoisotopic (exact) mass is 350 g/mol. The zero-order valence-electron chi connectivity index (χ0n) is 12.1. The summed E-state index contributed by atoms with van der Waals surface area (Å²) in [4.78, 5) is 16.3. The molecule has 0 amide bonds. The second-order valence-electron chi connectivity index (χ2n) is 4.67. The number of nitrogens with one attached hydrogen (secondary N) is 1. The Hall–Kier alpha value is -2.24. The number of benzene rings is 2. The van der Waals surface area contributed by atoms with Crippen molar-refractivity contribution >= 4 is 52.0 Å². The minimum atomic E-state index is -0.505. The molecule has 118 valence electrons. The third-order valence-corrected chi connectivity index (χ3v) is 3.52. The van der Waals surface area contributed by atoms with E-state index < -0.39 is 5.97 Å². The molecule has 3 rings (SSSR count). The molecule has 0 aliphatic carbocycles. The van der Waals surface area contributed by atoms with Gasteiger partial charge in [-0.25, -0.2) is 4.79 Å². The van der Waals surface area contributed by atoms with Gasteiger partial charge in [-0.15, -0.1) is 0 Å². The highest BCUT2D eigenvalue weighted by molar-refractivity contribution is 6.32. The van der Waals surface area contributed by atoms with Gasteiger partial charge in [0, 0.05) is 15.7 Å². The van der Waals surface area contributed by atoms with Crippen molar-refractivity contribution in [2.75, 3.05) is 11.9 Å². The van der Waals surface area contributed by atoms with Gasteiger partial charge in [0.25, 0.3) is 6.01 Å². The summed E-state index contributed by atoms with van der Waals surface area (Å²) in [6, 6.07) is 10.4. The van der Waals surface area contributed by atoms with Gasteiger partial charge in [0.1, 0.15) is 11.1 Å². The molecule has 0 atom stereocenters. The first-order chi connectivity index (χ1) is 11.1. The summed E-state index contributed by atoms with van der Waals surface area (Å²) < 4.78 is 10.7. The minimum Gasteiger partial charge on any atom is -0.462 e. The van der Waals surface area contributed by atoms with Crippen LogP contribution in [-0.2, 0) is 4.74 Å². The number of rotatable bonds is 4. The summed E-state index contributed by atoms with van der Waals surface area (Å²) in [5.74, 6) is -0.505. The van der Waals surface area contributed by atoms with Gasteiger partial charge in [-0.2, -0.15) is 4.98 Å². The van der Waals surface area contributed by atoms with Gasteiger partial charge in [0.05, 0.1) is 6.61 Å². The molecule has 1 aromatic heterocycles. The van der Waals surface area contributed by atoms with Gasteiger partial charge in [0.2, 0.25) is 0 Å². The number of carbonyl (C=O) groups excluding carboxylic acids is 1. The predicted molar refractivity (Wildman–Crippen MR) is 89.7 cm³/mol. The fourth-order valence-electron chi connectivity index (χ4n) is 2.07. The van der Waals surface area contributed by atoms with Crippen LogP contribution >= 0.6 is 23.2 Å². The van der Waals surface area contributed by atoms with Crippen molar-refractivity contribution in [2.24, 2.45) is 0 Å². The fraction of sp³-hybridized carbons (Fsp3) is 0.125. The largest absolute Gasteiger partial charge is 0.462 e. The summed E-state index contributed by atoms with van der Waals surface area (Å²) in [5.41, 5.74) is 1.79. The van der Waals surface area contributed by atoms with Gasteiger partial charge >= 0.3 is 5.97 Å². The van der Waals surface area contributed by atoms with E-state index in [2.05, 4.69) is 10.3 Å². The molecule has 1 N–H and O–H groups in total. The summed E-state index contributed by atoms with van der Waals surface area (Å²) >= 11 is 11.9. The van der Waals surface area contributed by atoms with E-state index in [0.29, 0.717) is 21.1 Å². The van der Waals surface area contributed by atoms with Crippen LogP contribution in [0.2, 0.25) is 10.0 Å². The number of esters is 1. The third kappa shape index (κ3) is 3.41. The lowest BCUT2D eigenvalue weighted by atomic mass is 10.2. The normalized spacial score (nSPS) is 10.7. The lowest BCUT2D eigenvalue weighted by molar-refractivity contribution is 0.0527. The summed E-state index contributed by atoms with van der Waals surface area (Å²) in [5, 5.41) is 4.02. The molecule has 7 heteroatoms. The number of hydrogen-bond donors (Lipinski definition) is 1. The van der Waals surface area contributed by atoms with Gasteiger partial charge in [0.15, 0.2) is 5.58 Å². The van der Waals surface area contributed by atoms with Crippen molar-refractivity contribution in [3.63, 3.8) is 0 Å². The lowest BCUT2D eigenvalue weighted by Gasteiger charge is -2.02. The van der Waals surface area contributed by atoms with Crippen LogP contribution in [-0.4, -0.2) is 17.6 Å². The maximum absolute atomic E-state index is 12.0. The molecule has 0 fully saturated rings. The van der Waals surface area contributed by atoms with E-state index in [9.17, 15) is 4.79 Å². The quantitative estimate of drug-likeness (QED) is 0.666. The molecular formula is C16H12Cl2N2O3. The van der Waals surface area contributed by atoms with E-state index in [1.807, 2.05) is 0 Å². The average Bonchev–Trinajstić information content (AvgIpc) is 2.91. The van der Waals surface area contributed by atoms with Crippen LogP contribution < -0.4 is 5.32 Å². The highest BCUT2D eigenvalue weighted by Crippen LogP contribution is 2.29. The van der Waals surface area contributed by atoms with E-state index >= 15 is 0 Å². The van der Waals surface area contributed by atoms with E-state index in [0.717, 1.165) is 5.69 Å². The molecule has 0 spiro atoms. The fourth-order valence-corrected chi connectivity index (χ4v) is 2.41. The molecule has 0 saturated heterocycles. The minimum absolute atomic E-state index is 0.242. The van der Waals surface area contributed by atoms with Crippen LogP contribution in [0.15, 0.2) is 40.8 Å². The van der Waals surface area contributed by atoms with Crippen molar-refractivity contribution in [2.45, 2.75) is 6.92 Å². The predicted octanol–water partition coefficient (Wildman–Crippen LogP) is 5.05. The number of halogens is 2. The van der Waals surface area contributed by atoms with Crippen molar-refractivity contribution in [3.05, 3.63) is 52.0 Å². The number of oxazole rings is 1. The standard InChI is InChI=1S/C16H12Cl2N2O3/c1-2-22-15(21)12-7-10(18)8-13-14(12)23-16(20-13)19-11-5-3-9(17)4-6-11/h3-8H,2H2,1H3,(H,19,20). The van der Waals surface area contributed by atoms with E-state index in [-0.39, 0.29) is 18.2 Å². The van der Waals surface area contributed by atoms with Gasteiger partial charge < -0.3 is 14.5 Å². The zero-order chi connectivity index (χ0) is 16.4. The Morgan fingerprint density at radius 3 is 2.65 bits per heavy atom. The van der Waals surface area contributed by atoms with Gasteiger partial charge in [-0.05, 0) is 43.3 Å². The second kappa shape index (κ2) is 6.48. The number of anilines is 2. The molecule has 0 aliphatic heterocycles. The van der Waals surface area contributed by atoms with Crippen molar-refractivity contribution < 1.29 is 13.9 Å². The number of ether oxygens (including phenoxy) is 1. The Morgan fingerprint density at radius 1 is 1.22 bits per heavy atom. The first kappa shape index (κ1) is 15.6. The molecule has 3 aromatic rings. The molecule has 5 nitrogen and oxygen atoms in total. The van der Waals surface area contributed by atoms with Crippen molar-refractivity contribution in [1.82, 2.24) is 4.98 Å². The van der Waals surface area contributed by atoms with E-state index in [1.54, 1.807) is 37.3 Å². The van der Waals surface area contributed by atoms with Gasteiger partial charge in [-0.1, -0.05) is 23.2 Å². The maximum Gasteiger partial charge on any atom is 0.342 e. The highest BCUT2D eigenvalue weighted by atomic mass is 35.5. The van der Waals surface area contributed by atoms with Crippen LogP contribution in [0, 0.1) is 0 Å². The Labute approximate surface area is 142 Å².